The van der Waals surface area contributed by atoms with E-state index in [4.69, 9.17) is 9.72 Å². The molecule has 0 atom stereocenters. The second-order valence-corrected chi connectivity index (χ2v) is 7.31. The van der Waals surface area contributed by atoms with Crippen LogP contribution in [0, 0.1) is 0 Å². The fourth-order valence-corrected chi connectivity index (χ4v) is 4.15. The summed E-state index contributed by atoms with van der Waals surface area (Å²) >= 11 is 1.74. The molecule has 1 aliphatic rings. The number of hydrogen-bond acceptors (Lipinski definition) is 5. The van der Waals surface area contributed by atoms with E-state index in [0.717, 1.165) is 22.0 Å². The van der Waals surface area contributed by atoms with Crippen LogP contribution in [0.3, 0.4) is 0 Å². The smallest absolute Gasteiger partial charge is 0.184 e. The van der Waals surface area contributed by atoms with Crippen molar-refractivity contribution in [2.45, 2.75) is 44.8 Å². The van der Waals surface area contributed by atoms with Gasteiger partial charge in [0.05, 0.1) is 16.4 Å². The molecule has 2 heterocycles. The van der Waals surface area contributed by atoms with Crippen molar-refractivity contribution in [3.8, 4) is 5.75 Å². The number of rotatable bonds is 5. The van der Waals surface area contributed by atoms with Crippen molar-refractivity contribution in [2.24, 2.45) is 0 Å². The normalized spacial score (nSPS) is 15.5. The van der Waals surface area contributed by atoms with Gasteiger partial charge in [-0.25, -0.2) is 4.98 Å². The van der Waals surface area contributed by atoms with Gasteiger partial charge in [-0.05, 0) is 42.7 Å². The van der Waals surface area contributed by atoms with Crippen molar-refractivity contribution < 1.29 is 4.74 Å². The third kappa shape index (κ3) is 3.67. The largest absolute Gasteiger partial charge is 0.487 e. The summed E-state index contributed by atoms with van der Waals surface area (Å²) in [6.07, 6.45) is 10.0. The first-order valence-corrected chi connectivity index (χ1v) is 9.37. The molecule has 1 fully saturated rings. The number of ether oxygens (including phenoxy) is 1. The Bertz CT molecular complexity index is 797. The summed E-state index contributed by atoms with van der Waals surface area (Å²) < 4.78 is 6.98. The zero-order chi connectivity index (χ0) is 16.2. The number of fused-ring (bicyclic) bond motifs is 1. The summed E-state index contributed by atoms with van der Waals surface area (Å²) in [5, 5.41) is 4.66. The number of pyridine rings is 1. The van der Waals surface area contributed by atoms with E-state index < -0.39 is 0 Å². The van der Waals surface area contributed by atoms with E-state index in [1.807, 2.05) is 12.1 Å². The number of anilines is 1. The number of aromatic nitrogens is 2. The topological polar surface area (TPSA) is 47.0 Å². The highest BCUT2D eigenvalue weighted by molar-refractivity contribution is 7.22. The SMILES string of the molecule is c1cncc(OCc2ccc3nc(NC4CCCCC4)sc3c2)c1. The van der Waals surface area contributed by atoms with Gasteiger partial charge in [-0.2, -0.15) is 0 Å². The molecule has 5 heteroatoms. The highest BCUT2D eigenvalue weighted by Crippen LogP contribution is 2.29. The molecule has 0 radical (unpaired) electrons. The summed E-state index contributed by atoms with van der Waals surface area (Å²) in [6, 6.07) is 10.7. The highest BCUT2D eigenvalue weighted by Gasteiger charge is 2.15. The molecule has 24 heavy (non-hydrogen) atoms. The van der Waals surface area contributed by atoms with Crippen LogP contribution in [0.2, 0.25) is 0 Å². The Morgan fingerprint density at radius 2 is 2.08 bits per heavy atom. The van der Waals surface area contributed by atoms with Crippen molar-refractivity contribution >= 4 is 26.7 Å². The highest BCUT2D eigenvalue weighted by atomic mass is 32.1. The lowest BCUT2D eigenvalue weighted by Crippen LogP contribution is -2.21. The third-order valence-electron chi connectivity index (χ3n) is 4.43. The van der Waals surface area contributed by atoms with Gasteiger partial charge in [0.15, 0.2) is 5.13 Å². The van der Waals surface area contributed by atoms with Crippen LogP contribution in [0.4, 0.5) is 5.13 Å². The van der Waals surface area contributed by atoms with E-state index in [1.165, 1.54) is 36.8 Å². The van der Waals surface area contributed by atoms with Crippen LogP contribution in [-0.4, -0.2) is 16.0 Å². The minimum Gasteiger partial charge on any atom is -0.487 e. The summed E-state index contributed by atoms with van der Waals surface area (Å²) in [7, 11) is 0. The van der Waals surface area contributed by atoms with Crippen LogP contribution < -0.4 is 10.1 Å². The first kappa shape index (κ1) is 15.4. The molecule has 0 spiro atoms. The standard InChI is InChI=1S/C19H21N3OS/c1-2-5-15(6-3-1)21-19-22-17-9-8-14(11-18(17)24-19)13-23-16-7-4-10-20-12-16/h4,7-12,15H,1-3,5-6,13H2,(H,21,22). The Balaban J connectivity index is 1.44. The maximum atomic E-state index is 5.78. The predicted octanol–water partition coefficient (Wildman–Crippen LogP) is 5.01. The van der Waals surface area contributed by atoms with Crippen LogP contribution in [0.1, 0.15) is 37.7 Å². The zero-order valence-electron chi connectivity index (χ0n) is 13.6. The maximum absolute atomic E-state index is 5.78. The van der Waals surface area contributed by atoms with Crippen molar-refractivity contribution in [1.29, 1.82) is 0 Å². The fraction of sp³-hybridized carbons (Fsp3) is 0.368. The van der Waals surface area contributed by atoms with Crippen molar-refractivity contribution in [3.63, 3.8) is 0 Å². The quantitative estimate of drug-likeness (QED) is 0.709. The Morgan fingerprint density at radius 1 is 1.17 bits per heavy atom. The molecular weight excluding hydrogens is 318 g/mol. The van der Waals surface area contributed by atoms with Gasteiger partial charge in [0.2, 0.25) is 0 Å². The summed E-state index contributed by atoms with van der Waals surface area (Å²) in [5.41, 5.74) is 2.21. The van der Waals surface area contributed by atoms with Crippen molar-refractivity contribution in [3.05, 3.63) is 48.3 Å². The molecule has 1 aromatic carbocycles. The fourth-order valence-electron chi connectivity index (χ4n) is 3.14. The maximum Gasteiger partial charge on any atom is 0.184 e. The predicted molar refractivity (Wildman–Crippen MR) is 98.7 cm³/mol. The second kappa shape index (κ2) is 7.18. The molecule has 0 saturated heterocycles. The van der Waals surface area contributed by atoms with E-state index in [-0.39, 0.29) is 0 Å². The average Bonchev–Trinajstić information content (AvgIpc) is 3.03. The number of benzene rings is 1. The van der Waals surface area contributed by atoms with Gasteiger partial charge in [-0.15, -0.1) is 0 Å². The number of thiazole rings is 1. The molecule has 0 amide bonds. The summed E-state index contributed by atoms with van der Waals surface area (Å²) in [6.45, 7) is 0.547. The minimum absolute atomic E-state index is 0.547. The van der Waals surface area contributed by atoms with Gasteiger partial charge in [0.1, 0.15) is 12.4 Å². The molecule has 4 nitrogen and oxygen atoms in total. The minimum atomic E-state index is 0.547. The first-order chi connectivity index (χ1) is 11.9. The summed E-state index contributed by atoms with van der Waals surface area (Å²) in [5.74, 6) is 0.793. The van der Waals surface area contributed by atoms with E-state index in [9.17, 15) is 0 Å². The molecule has 0 aliphatic heterocycles. The molecule has 0 bridgehead atoms. The van der Waals surface area contributed by atoms with Crippen LogP contribution >= 0.6 is 11.3 Å². The zero-order valence-corrected chi connectivity index (χ0v) is 14.4. The van der Waals surface area contributed by atoms with Crippen LogP contribution in [0.25, 0.3) is 10.2 Å². The van der Waals surface area contributed by atoms with Crippen LogP contribution in [-0.2, 0) is 6.61 Å². The molecular formula is C19H21N3OS. The Kier molecular flexibility index (Phi) is 4.60. The van der Waals surface area contributed by atoms with Crippen molar-refractivity contribution in [2.75, 3.05) is 5.32 Å². The molecule has 4 rings (SSSR count). The van der Waals surface area contributed by atoms with Gasteiger partial charge in [-0.3, -0.25) is 4.98 Å². The van der Waals surface area contributed by atoms with E-state index in [0.29, 0.717) is 12.6 Å². The van der Waals surface area contributed by atoms with Gasteiger partial charge in [0.25, 0.3) is 0 Å². The second-order valence-electron chi connectivity index (χ2n) is 6.28. The molecule has 1 saturated carbocycles. The van der Waals surface area contributed by atoms with E-state index >= 15 is 0 Å². The average molecular weight is 339 g/mol. The number of nitrogens with one attached hydrogen (secondary N) is 1. The molecule has 0 unspecified atom stereocenters. The molecule has 1 N–H and O–H groups in total. The number of nitrogens with zero attached hydrogens (tertiary/aromatic N) is 2. The lowest BCUT2D eigenvalue weighted by molar-refractivity contribution is 0.305. The van der Waals surface area contributed by atoms with Gasteiger partial charge >= 0.3 is 0 Å². The molecule has 124 valence electrons. The Hall–Kier alpha value is -2.14. The van der Waals surface area contributed by atoms with E-state index in [1.54, 1.807) is 23.7 Å². The Labute approximate surface area is 145 Å². The van der Waals surface area contributed by atoms with Gasteiger partial charge in [0, 0.05) is 12.2 Å². The van der Waals surface area contributed by atoms with Crippen molar-refractivity contribution in [1.82, 2.24) is 9.97 Å². The third-order valence-corrected chi connectivity index (χ3v) is 5.37. The molecule has 1 aliphatic carbocycles. The van der Waals surface area contributed by atoms with Gasteiger partial charge < -0.3 is 10.1 Å². The molecule has 2 aromatic heterocycles. The lowest BCUT2D eigenvalue weighted by atomic mass is 9.96. The first-order valence-electron chi connectivity index (χ1n) is 8.56. The number of hydrogen-bond donors (Lipinski definition) is 1. The van der Waals surface area contributed by atoms with Crippen LogP contribution in [0.5, 0.6) is 5.75 Å². The molecule has 3 aromatic rings. The lowest BCUT2D eigenvalue weighted by Gasteiger charge is -2.22. The Morgan fingerprint density at radius 3 is 2.92 bits per heavy atom. The van der Waals surface area contributed by atoms with E-state index in [2.05, 4.69) is 28.5 Å². The van der Waals surface area contributed by atoms with Gasteiger partial charge in [-0.1, -0.05) is 36.7 Å². The van der Waals surface area contributed by atoms with Crippen LogP contribution in [0.15, 0.2) is 42.7 Å². The summed E-state index contributed by atoms with van der Waals surface area (Å²) in [4.78, 5) is 8.79. The monoisotopic (exact) mass is 339 g/mol.